The number of ether oxygens (including phenoxy) is 3. The second-order valence-electron chi connectivity index (χ2n) is 3.87. The van der Waals surface area contributed by atoms with E-state index < -0.39 is 24.6 Å². The number of non-ortho nitro benzene ring substituents is 1. The normalized spacial score (nSPS) is 11.2. The molecular formula is C11H14ClNO7S. The van der Waals surface area contributed by atoms with E-state index in [4.69, 9.17) is 24.9 Å². The third-order valence-corrected chi connectivity index (χ3v) is 3.76. The van der Waals surface area contributed by atoms with Gasteiger partial charge in [0.05, 0.1) is 24.7 Å². The molecule has 0 radical (unpaired) electrons. The Labute approximate surface area is 126 Å². The van der Waals surface area contributed by atoms with Crippen LogP contribution in [-0.2, 0) is 13.8 Å². The summed E-state index contributed by atoms with van der Waals surface area (Å²) in [7, 11) is 3.78. The maximum atomic E-state index is 11.5. The Bertz CT molecular complexity index is 617. The van der Waals surface area contributed by atoms with Crippen molar-refractivity contribution in [3.63, 3.8) is 0 Å². The van der Waals surface area contributed by atoms with E-state index in [0.717, 1.165) is 12.1 Å². The highest BCUT2D eigenvalue weighted by atomic mass is 35.7. The van der Waals surface area contributed by atoms with Crippen LogP contribution in [0.25, 0.3) is 0 Å². The summed E-state index contributed by atoms with van der Waals surface area (Å²) >= 11 is 0. The van der Waals surface area contributed by atoms with Crippen molar-refractivity contribution < 1.29 is 27.6 Å². The number of nitro benzene ring substituents is 1. The van der Waals surface area contributed by atoms with Crippen molar-refractivity contribution in [2.75, 3.05) is 27.4 Å². The lowest BCUT2D eigenvalue weighted by Gasteiger charge is -2.13. The van der Waals surface area contributed by atoms with Crippen molar-refractivity contribution in [1.29, 1.82) is 0 Å². The molecule has 0 spiro atoms. The average molecular weight is 340 g/mol. The van der Waals surface area contributed by atoms with E-state index in [-0.39, 0.29) is 18.1 Å². The first-order chi connectivity index (χ1) is 9.81. The molecule has 0 fully saturated rings. The fourth-order valence-corrected chi connectivity index (χ4v) is 2.55. The van der Waals surface area contributed by atoms with Crippen LogP contribution >= 0.6 is 10.7 Å². The smallest absolute Gasteiger partial charge is 0.274 e. The summed E-state index contributed by atoms with van der Waals surface area (Å²) in [5.74, 6) is -0.241. The van der Waals surface area contributed by atoms with Gasteiger partial charge in [0.1, 0.15) is 4.90 Å². The van der Waals surface area contributed by atoms with Gasteiger partial charge < -0.3 is 14.2 Å². The average Bonchev–Trinajstić information content (AvgIpc) is 2.41. The number of rotatable bonds is 8. The first-order valence-electron chi connectivity index (χ1n) is 5.74. The van der Waals surface area contributed by atoms with Crippen molar-refractivity contribution in [3.8, 4) is 11.5 Å². The number of halogens is 1. The lowest BCUT2D eigenvalue weighted by Crippen LogP contribution is -2.06. The Balaban J connectivity index is 3.26. The predicted molar refractivity (Wildman–Crippen MR) is 74.7 cm³/mol. The van der Waals surface area contributed by atoms with Crippen LogP contribution in [0.3, 0.4) is 0 Å². The number of methoxy groups -OCH3 is 2. The number of nitrogens with zero attached hydrogens (tertiary/aromatic N) is 1. The lowest BCUT2D eigenvalue weighted by atomic mass is 10.2. The highest BCUT2D eigenvalue weighted by molar-refractivity contribution is 8.13. The molecule has 1 aromatic carbocycles. The van der Waals surface area contributed by atoms with Crippen LogP contribution in [0.15, 0.2) is 17.0 Å². The van der Waals surface area contributed by atoms with E-state index in [2.05, 4.69) is 0 Å². The van der Waals surface area contributed by atoms with Crippen LogP contribution in [0.4, 0.5) is 5.69 Å². The van der Waals surface area contributed by atoms with Gasteiger partial charge in [-0.2, -0.15) is 0 Å². The summed E-state index contributed by atoms with van der Waals surface area (Å²) in [4.78, 5) is 9.61. The Morgan fingerprint density at radius 2 is 1.95 bits per heavy atom. The first-order valence-corrected chi connectivity index (χ1v) is 8.05. The van der Waals surface area contributed by atoms with Crippen molar-refractivity contribution in [3.05, 3.63) is 22.2 Å². The van der Waals surface area contributed by atoms with E-state index in [0.29, 0.717) is 13.0 Å². The van der Waals surface area contributed by atoms with Crippen molar-refractivity contribution in [1.82, 2.24) is 0 Å². The molecule has 1 rings (SSSR count). The molecule has 0 N–H and O–H groups in total. The minimum atomic E-state index is -4.22. The third-order valence-electron chi connectivity index (χ3n) is 2.43. The molecule has 0 unspecified atom stereocenters. The van der Waals surface area contributed by atoms with E-state index in [1.807, 2.05) is 0 Å². The number of nitro groups is 1. The molecular weight excluding hydrogens is 326 g/mol. The minimum absolute atomic E-state index is 0.0676. The Morgan fingerprint density at radius 1 is 1.29 bits per heavy atom. The molecule has 0 amide bonds. The fourth-order valence-electron chi connectivity index (χ4n) is 1.54. The molecule has 21 heavy (non-hydrogen) atoms. The van der Waals surface area contributed by atoms with Crippen LogP contribution in [0.2, 0.25) is 0 Å². The summed E-state index contributed by atoms with van der Waals surface area (Å²) in [6.45, 7) is 0.602. The van der Waals surface area contributed by atoms with E-state index in [1.54, 1.807) is 0 Å². The van der Waals surface area contributed by atoms with E-state index in [9.17, 15) is 18.5 Å². The zero-order chi connectivity index (χ0) is 16.0. The van der Waals surface area contributed by atoms with Crippen molar-refractivity contribution in [2.24, 2.45) is 0 Å². The van der Waals surface area contributed by atoms with E-state index >= 15 is 0 Å². The SMILES string of the molecule is COCCCOc1cc([N+](=O)[O-])cc(S(=O)(=O)Cl)c1OC. The molecule has 0 saturated carbocycles. The Morgan fingerprint density at radius 3 is 2.43 bits per heavy atom. The zero-order valence-electron chi connectivity index (χ0n) is 11.4. The molecule has 0 bridgehead atoms. The molecule has 0 aliphatic rings. The van der Waals surface area contributed by atoms with Crippen LogP contribution in [0.1, 0.15) is 6.42 Å². The highest BCUT2D eigenvalue weighted by Gasteiger charge is 2.26. The maximum Gasteiger partial charge on any atom is 0.274 e. The van der Waals surface area contributed by atoms with Crippen molar-refractivity contribution in [2.45, 2.75) is 11.3 Å². The van der Waals surface area contributed by atoms with Crippen LogP contribution in [0.5, 0.6) is 11.5 Å². The summed E-state index contributed by atoms with van der Waals surface area (Å²) in [6.07, 6.45) is 0.519. The largest absolute Gasteiger partial charge is 0.492 e. The highest BCUT2D eigenvalue weighted by Crippen LogP contribution is 2.39. The molecule has 118 valence electrons. The first kappa shape index (κ1) is 17.5. The van der Waals surface area contributed by atoms with E-state index in [1.165, 1.54) is 14.2 Å². The molecule has 0 aromatic heterocycles. The predicted octanol–water partition coefficient (Wildman–Crippen LogP) is 1.95. The summed E-state index contributed by atoms with van der Waals surface area (Å²) < 4.78 is 38.1. The molecule has 0 heterocycles. The number of benzene rings is 1. The summed E-state index contributed by atoms with van der Waals surface area (Å²) in [6, 6.07) is 1.90. The van der Waals surface area contributed by atoms with Gasteiger partial charge in [-0.05, 0) is 0 Å². The van der Waals surface area contributed by atoms with Crippen LogP contribution in [0, 0.1) is 10.1 Å². The molecule has 0 aliphatic heterocycles. The van der Waals surface area contributed by atoms with Gasteiger partial charge in [-0.3, -0.25) is 10.1 Å². The molecule has 0 saturated heterocycles. The third kappa shape index (κ3) is 4.73. The summed E-state index contributed by atoms with van der Waals surface area (Å²) in [5, 5.41) is 10.9. The molecule has 0 atom stereocenters. The monoisotopic (exact) mass is 339 g/mol. The second-order valence-corrected chi connectivity index (χ2v) is 6.40. The van der Waals surface area contributed by atoms with Gasteiger partial charge in [-0.25, -0.2) is 8.42 Å². The Kier molecular flexibility index (Phi) is 6.19. The number of hydrogen-bond acceptors (Lipinski definition) is 7. The van der Waals surface area contributed by atoms with Gasteiger partial charge in [0.2, 0.25) is 0 Å². The Hall–Kier alpha value is -1.58. The van der Waals surface area contributed by atoms with Crippen molar-refractivity contribution >= 4 is 25.4 Å². The quantitative estimate of drug-likeness (QED) is 0.308. The standard InChI is InChI=1S/C11H14ClNO7S/c1-18-4-3-5-20-9-6-8(13(14)15)7-10(11(9)19-2)21(12,16)17/h6-7H,3-5H2,1-2H3. The topological polar surface area (TPSA) is 105 Å². The zero-order valence-corrected chi connectivity index (χ0v) is 12.9. The van der Waals surface area contributed by atoms with Gasteiger partial charge >= 0.3 is 0 Å². The van der Waals surface area contributed by atoms with Crippen LogP contribution < -0.4 is 9.47 Å². The number of hydrogen-bond donors (Lipinski definition) is 0. The van der Waals surface area contributed by atoms with Gasteiger partial charge in [0.15, 0.2) is 11.5 Å². The fraction of sp³-hybridized carbons (Fsp3) is 0.455. The van der Waals surface area contributed by atoms with Gasteiger partial charge in [0, 0.05) is 36.9 Å². The molecule has 0 aliphatic carbocycles. The van der Waals surface area contributed by atoms with Gasteiger partial charge in [-0.1, -0.05) is 0 Å². The molecule has 8 nitrogen and oxygen atoms in total. The maximum absolute atomic E-state index is 11.5. The molecule has 1 aromatic rings. The van der Waals surface area contributed by atoms with Crippen LogP contribution in [-0.4, -0.2) is 40.8 Å². The van der Waals surface area contributed by atoms with Gasteiger partial charge in [-0.15, -0.1) is 0 Å². The lowest BCUT2D eigenvalue weighted by molar-refractivity contribution is -0.385. The van der Waals surface area contributed by atoms with Gasteiger partial charge in [0.25, 0.3) is 14.7 Å². The second kappa shape index (κ2) is 7.43. The minimum Gasteiger partial charge on any atom is -0.492 e. The summed E-state index contributed by atoms with van der Waals surface area (Å²) in [5.41, 5.74) is -0.461. The molecule has 10 heteroatoms.